The van der Waals surface area contributed by atoms with Crippen LogP contribution in [-0.4, -0.2) is 67.9 Å². The van der Waals surface area contributed by atoms with Crippen LogP contribution in [0, 0.1) is 5.82 Å². The van der Waals surface area contributed by atoms with E-state index in [2.05, 4.69) is 20.7 Å². The summed E-state index contributed by atoms with van der Waals surface area (Å²) in [4.78, 5) is 52.5. The van der Waals surface area contributed by atoms with Gasteiger partial charge in [0.1, 0.15) is 6.04 Å². The van der Waals surface area contributed by atoms with Gasteiger partial charge in [0.2, 0.25) is 5.91 Å². The molecular weight excluding hydrogens is 559 g/mol. The molecule has 3 N–H and O–H groups in total. The van der Waals surface area contributed by atoms with Crippen molar-refractivity contribution >= 4 is 47.0 Å². The summed E-state index contributed by atoms with van der Waals surface area (Å²) in [6.45, 7) is 3.74. The monoisotopic (exact) mass is 590 g/mol. The van der Waals surface area contributed by atoms with Crippen molar-refractivity contribution in [2.75, 3.05) is 37.9 Å². The molecule has 2 aliphatic rings. The van der Waals surface area contributed by atoms with Crippen LogP contribution < -0.4 is 16.0 Å². The van der Waals surface area contributed by atoms with Gasteiger partial charge in [-0.3, -0.25) is 20.2 Å². The van der Waals surface area contributed by atoms with Gasteiger partial charge < -0.3 is 24.4 Å². The van der Waals surface area contributed by atoms with Crippen molar-refractivity contribution in [3.05, 3.63) is 58.4 Å². The second-order valence-corrected chi connectivity index (χ2v) is 11.0. The van der Waals surface area contributed by atoms with E-state index in [1.54, 1.807) is 13.8 Å². The van der Waals surface area contributed by atoms with Crippen molar-refractivity contribution in [1.82, 2.24) is 10.2 Å². The van der Waals surface area contributed by atoms with Crippen LogP contribution in [0.15, 0.2) is 36.4 Å². The predicted octanol–water partition coefficient (Wildman–Crippen LogP) is 4.65. The maximum atomic E-state index is 15.3. The number of hydrogen-bond donors (Lipinski definition) is 3. The highest BCUT2D eigenvalue weighted by Crippen LogP contribution is 2.45. The number of fused-ring (bicyclic) bond motifs is 2. The van der Waals surface area contributed by atoms with Gasteiger partial charge in [0.05, 0.1) is 35.5 Å². The highest BCUT2D eigenvalue weighted by Gasteiger charge is 2.49. The molecule has 4 amide bonds. The lowest BCUT2D eigenvalue weighted by Gasteiger charge is -2.46. The van der Waals surface area contributed by atoms with Crippen molar-refractivity contribution in [1.29, 1.82) is 0 Å². The molecule has 13 heteroatoms. The second kappa shape index (κ2) is 11.9. The smallest absolute Gasteiger partial charge is 0.412 e. The van der Waals surface area contributed by atoms with Crippen LogP contribution in [0.5, 0.6) is 0 Å². The first-order valence-corrected chi connectivity index (χ1v) is 13.3. The fraction of sp³-hybridized carbons (Fsp3) is 0.429. The highest BCUT2D eigenvalue weighted by molar-refractivity contribution is 6.31. The lowest BCUT2D eigenvalue weighted by atomic mass is 9.82. The number of methoxy groups -OCH3 is 2. The molecule has 41 heavy (non-hydrogen) atoms. The normalized spacial score (nSPS) is 19.0. The molecule has 0 radical (unpaired) electrons. The van der Waals surface area contributed by atoms with Gasteiger partial charge in [-0.2, -0.15) is 0 Å². The molecule has 2 aliphatic heterocycles. The Balaban J connectivity index is 1.59. The number of nitrogens with zero attached hydrogens (tertiary/aromatic N) is 1. The second-order valence-electron chi connectivity index (χ2n) is 10.5. The van der Waals surface area contributed by atoms with E-state index in [9.17, 15) is 19.2 Å². The zero-order chi connectivity index (χ0) is 29.9. The van der Waals surface area contributed by atoms with Gasteiger partial charge in [-0.05, 0) is 63.1 Å². The summed E-state index contributed by atoms with van der Waals surface area (Å²) in [5.41, 5.74) is -1.25. The number of hydrogen-bond acceptors (Lipinski definition) is 7. The standard InChI is InChI=1S/C28H32ClFN4O7/c1-27(2,40-4)14-20(32-23(35)16-6-8-17(9-7-16)31-25(37)39-3)24(36)34-13-5-12-28(15-34)21-19(33-26(38)41-28)11-10-18(29)22(21)30/h6-11,20H,5,12-15H2,1-4H3,(H,31,37)(H,32,35)(H,33,38). The molecule has 2 atom stereocenters. The van der Waals surface area contributed by atoms with E-state index in [0.29, 0.717) is 18.7 Å². The molecule has 2 heterocycles. The number of carbonyl (C=O) groups excluding carboxylic acids is 4. The van der Waals surface area contributed by atoms with E-state index in [1.165, 1.54) is 55.5 Å². The molecule has 1 spiro atoms. The predicted molar refractivity (Wildman–Crippen MR) is 148 cm³/mol. The summed E-state index contributed by atoms with van der Waals surface area (Å²) < 4.78 is 31.1. The first-order valence-electron chi connectivity index (χ1n) is 13.0. The summed E-state index contributed by atoms with van der Waals surface area (Å²) in [6, 6.07) is 7.87. The van der Waals surface area contributed by atoms with Gasteiger partial charge in [0.25, 0.3) is 5.91 Å². The minimum atomic E-state index is -1.45. The van der Waals surface area contributed by atoms with Gasteiger partial charge in [-0.15, -0.1) is 0 Å². The van der Waals surface area contributed by atoms with E-state index >= 15 is 4.39 Å². The largest absolute Gasteiger partial charge is 0.453 e. The SMILES string of the molecule is COC(=O)Nc1ccc(C(=O)NC(CC(C)(C)OC)C(=O)N2CCCC3(C2)OC(=O)Nc2ccc(Cl)c(F)c23)cc1. The summed E-state index contributed by atoms with van der Waals surface area (Å²) in [5, 5.41) is 7.66. The Morgan fingerprint density at radius 2 is 1.90 bits per heavy atom. The quantitative estimate of drug-likeness (QED) is 0.427. The number of halogens is 2. The molecule has 11 nitrogen and oxygen atoms in total. The van der Waals surface area contributed by atoms with Gasteiger partial charge >= 0.3 is 12.2 Å². The Bertz CT molecular complexity index is 1350. The average molecular weight is 591 g/mol. The summed E-state index contributed by atoms with van der Waals surface area (Å²) in [6.07, 6.45) is -0.603. The first kappa shape index (κ1) is 30.1. The Kier molecular flexibility index (Phi) is 8.74. The topological polar surface area (TPSA) is 135 Å². The molecule has 0 bridgehead atoms. The van der Waals surface area contributed by atoms with Crippen molar-refractivity contribution in [2.45, 2.75) is 50.4 Å². The van der Waals surface area contributed by atoms with Crippen LogP contribution in [0.1, 0.15) is 49.0 Å². The van der Waals surface area contributed by atoms with Gasteiger partial charge in [0, 0.05) is 31.3 Å². The third-order valence-corrected chi connectivity index (χ3v) is 7.56. The number of nitrogens with one attached hydrogen (secondary N) is 3. The summed E-state index contributed by atoms with van der Waals surface area (Å²) in [7, 11) is 2.74. The molecule has 0 saturated carbocycles. The number of ether oxygens (including phenoxy) is 3. The van der Waals surface area contributed by atoms with Crippen molar-refractivity contribution in [3.8, 4) is 0 Å². The van der Waals surface area contributed by atoms with E-state index < -0.39 is 47.1 Å². The number of benzene rings is 2. The summed E-state index contributed by atoms with van der Waals surface area (Å²) in [5.74, 6) is -1.69. The highest BCUT2D eigenvalue weighted by atomic mass is 35.5. The molecule has 4 rings (SSSR count). The Morgan fingerprint density at radius 3 is 2.56 bits per heavy atom. The van der Waals surface area contributed by atoms with Crippen LogP contribution in [0.25, 0.3) is 0 Å². The van der Waals surface area contributed by atoms with Crippen LogP contribution in [0.2, 0.25) is 5.02 Å². The minimum Gasteiger partial charge on any atom is -0.453 e. The van der Waals surface area contributed by atoms with Crippen LogP contribution >= 0.6 is 11.6 Å². The molecule has 2 aromatic rings. The Hall–Kier alpha value is -3.90. The van der Waals surface area contributed by atoms with E-state index in [0.717, 1.165) is 0 Å². The Labute approximate surface area is 241 Å². The number of rotatable bonds is 7. The van der Waals surface area contributed by atoms with E-state index in [4.69, 9.17) is 21.1 Å². The number of likely N-dealkylation sites (tertiary alicyclic amines) is 1. The van der Waals surface area contributed by atoms with Crippen molar-refractivity contribution in [2.24, 2.45) is 0 Å². The third kappa shape index (κ3) is 6.54. The average Bonchev–Trinajstić information content (AvgIpc) is 2.94. The fourth-order valence-electron chi connectivity index (χ4n) is 5.07. The molecule has 220 valence electrons. The fourth-order valence-corrected chi connectivity index (χ4v) is 5.23. The number of piperidine rings is 1. The number of anilines is 2. The molecule has 1 saturated heterocycles. The number of amides is 4. The van der Waals surface area contributed by atoms with Crippen LogP contribution in [-0.2, 0) is 24.6 Å². The molecule has 0 aromatic heterocycles. The van der Waals surface area contributed by atoms with E-state index in [-0.39, 0.29) is 41.2 Å². The molecule has 1 fully saturated rings. The maximum absolute atomic E-state index is 15.3. The lowest BCUT2D eigenvalue weighted by molar-refractivity contribution is -0.143. The van der Waals surface area contributed by atoms with Gasteiger partial charge in [0.15, 0.2) is 11.4 Å². The minimum absolute atomic E-state index is 0.0839. The summed E-state index contributed by atoms with van der Waals surface area (Å²) >= 11 is 6.07. The zero-order valence-electron chi connectivity index (χ0n) is 23.1. The Morgan fingerprint density at radius 1 is 1.20 bits per heavy atom. The first-order chi connectivity index (χ1) is 19.4. The van der Waals surface area contributed by atoms with Crippen molar-refractivity contribution < 1.29 is 37.8 Å². The molecule has 2 aromatic carbocycles. The number of carbonyl (C=O) groups is 4. The molecule has 2 unspecified atom stereocenters. The van der Waals surface area contributed by atoms with E-state index in [1.807, 2.05) is 0 Å². The van der Waals surface area contributed by atoms with Crippen LogP contribution in [0.3, 0.4) is 0 Å². The zero-order valence-corrected chi connectivity index (χ0v) is 23.9. The lowest BCUT2D eigenvalue weighted by Crippen LogP contribution is -2.58. The molecular formula is C28H32ClFN4O7. The van der Waals surface area contributed by atoms with Gasteiger partial charge in [-0.1, -0.05) is 11.6 Å². The third-order valence-electron chi connectivity index (χ3n) is 7.27. The maximum Gasteiger partial charge on any atom is 0.412 e. The molecule has 0 aliphatic carbocycles. The van der Waals surface area contributed by atoms with Crippen molar-refractivity contribution in [3.63, 3.8) is 0 Å². The van der Waals surface area contributed by atoms with Crippen LogP contribution in [0.4, 0.5) is 25.4 Å². The van der Waals surface area contributed by atoms with Gasteiger partial charge in [-0.25, -0.2) is 14.0 Å².